The van der Waals surface area contributed by atoms with Crippen LogP contribution in [0.25, 0.3) is 10.4 Å². The van der Waals surface area contributed by atoms with Crippen LogP contribution < -0.4 is 20.1 Å². The fourth-order valence-corrected chi connectivity index (χ4v) is 3.23. The number of benzene rings is 1. The molecule has 1 aliphatic heterocycles. The predicted molar refractivity (Wildman–Crippen MR) is 98.2 cm³/mol. The molecular formula is C18H18N2O6S. The molecule has 0 bridgehead atoms. The number of amides is 3. The molecule has 1 aromatic heterocycles. The second kappa shape index (κ2) is 8.09. The Morgan fingerprint density at radius 3 is 2.59 bits per heavy atom. The summed E-state index contributed by atoms with van der Waals surface area (Å²) in [7, 11) is 1.38. The van der Waals surface area contributed by atoms with Gasteiger partial charge in [-0.3, -0.25) is 10.1 Å². The van der Waals surface area contributed by atoms with Gasteiger partial charge in [-0.2, -0.15) is 0 Å². The summed E-state index contributed by atoms with van der Waals surface area (Å²) in [6.45, 7) is 2.41. The van der Waals surface area contributed by atoms with Crippen LogP contribution in [0.4, 0.5) is 4.79 Å². The van der Waals surface area contributed by atoms with E-state index in [1.807, 2.05) is 18.2 Å². The zero-order chi connectivity index (χ0) is 19.4. The lowest BCUT2D eigenvalue weighted by atomic mass is 10.1. The van der Waals surface area contributed by atoms with Crippen molar-refractivity contribution in [1.29, 1.82) is 0 Å². The number of hydrogen-bond donors (Lipinski definition) is 2. The second-order valence-corrected chi connectivity index (χ2v) is 6.72. The first kappa shape index (κ1) is 18.7. The quantitative estimate of drug-likeness (QED) is 0.776. The van der Waals surface area contributed by atoms with E-state index in [4.69, 9.17) is 14.2 Å². The minimum atomic E-state index is -1.10. The van der Waals surface area contributed by atoms with E-state index in [0.29, 0.717) is 29.6 Å². The number of thiophene rings is 1. The predicted octanol–water partition coefficient (Wildman–Crippen LogP) is 2.19. The average molecular weight is 390 g/mol. The maximum Gasteiger partial charge on any atom is 0.349 e. The van der Waals surface area contributed by atoms with Gasteiger partial charge < -0.3 is 19.5 Å². The molecule has 27 heavy (non-hydrogen) atoms. The molecule has 0 fully saturated rings. The third-order valence-corrected chi connectivity index (χ3v) is 4.87. The van der Waals surface area contributed by atoms with Crippen molar-refractivity contribution in [1.82, 2.24) is 10.6 Å². The van der Waals surface area contributed by atoms with E-state index in [1.54, 1.807) is 12.1 Å². The first-order valence-corrected chi connectivity index (χ1v) is 9.03. The van der Waals surface area contributed by atoms with E-state index in [2.05, 4.69) is 10.6 Å². The van der Waals surface area contributed by atoms with Gasteiger partial charge in [0.25, 0.3) is 5.91 Å². The molecule has 2 heterocycles. The molecule has 2 N–H and O–H groups in total. The van der Waals surface area contributed by atoms with Crippen molar-refractivity contribution in [2.45, 2.75) is 13.0 Å². The van der Waals surface area contributed by atoms with Gasteiger partial charge in [0, 0.05) is 11.9 Å². The molecule has 0 radical (unpaired) electrons. The van der Waals surface area contributed by atoms with Crippen LogP contribution in [-0.2, 0) is 9.53 Å². The minimum Gasteiger partial charge on any atom is -0.486 e. The highest BCUT2D eigenvalue weighted by Gasteiger charge is 2.22. The van der Waals surface area contributed by atoms with Crippen LogP contribution >= 0.6 is 11.3 Å². The maximum absolute atomic E-state index is 12.3. The highest BCUT2D eigenvalue weighted by atomic mass is 32.1. The monoisotopic (exact) mass is 390 g/mol. The molecule has 9 heteroatoms. The fraction of sp³-hybridized carbons (Fsp3) is 0.278. The van der Waals surface area contributed by atoms with Crippen LogP contribution in [0.3, 0.4) is 0 Å². The molecule has 2 aromatic rings. The molecular weight excluding hydrogens is 372 g/mol. The highest BCUT2D eigenvalue weighted by Crippen LogP contribution is 2.37. The molecule has 1 aliphatic rings. The van der Waals surface area contributed by atoms with Crippen molar-refractivity contribution in [3.63, 3.8) is 0 Å². The van der Waals surface area contributed by atoms with Crippen molar-refractivity contribution in [2.24, 2.45) is 0 Å². The number of imide groups is 1. The number of urea groups is 1. The molecule has 3 amide bonds. The Labute approximate surface area is 159 Å². The zero-order valence-corrected chi connectivity index (χ0v) is 15.6. The van der Waals surface area contributed by atoms with E-state index in [1.165, 1.54) is 25.3 Å². The number of hydrogen-bond acceptors (Lipinski definition) is 7. The summed E-state index contributed by atoms with van der Waals surface area (Å²) in [4.78, 5) is 36.4. The summed E-state index contributed by atoms with van der Waals surface area (Å²) < 4.78 is 16.2. The first-order chi connectivity index (χ1) is 13.0. The number of ether oxygens (including phenoxy) is 3. The first-order valence-electron chi connectivity index (χ1n) is 8.21. The van der Waals surface area contributed by atoms with Gasteiger partial charge in [-0.05, 0) is 42.8 Å². The average Bonchev–Trinajstić information content (AvgIpc) is 3.17. The van der Waals surface area contributed by atoms with Gasteiger partial charge in [0.05, 0.1) is 0 Å². The Balaban J connectivity index is 1.67. The topological polar surface area (TPSA) is 103 Å². The molecule has 8 nitrogen and oxygen atoms in total. The van der Waals surface area contributed by atoms with Crippen LogP contribution in [0.5, 0.6) is 11.5 Å². The van der Waals surface area contributed by atoms with Crippen molar-refractivity contribution in [3.8, 4) is 21.9 Å². The van der Waals surface area contributed by atoms with Crippen molar-refractivity contribution < 1.29 is 28.6 Å². The van der Waals surface area contributed by atoms with E-state index >= 15 is 0 Å². The fourth-order valence-electron chi connectivity index (χ4n) is 2.35. The molecule has 0 spiro atoms. The molecule has 1 atom stereocenters. The van der Waals surface area contributed by atoms with Crippen molar-refractivity contribution in [3.05, 3.63) is 35.2 Å². The van der Waals surface area contributed by atoms with Crippen LogP contribution in [0, 0.1) is 0 Å². The van der Waals surface area contributed by atoms with Gasteiger partial charge in [-0.15, -0.1) is 11.3 Å². The summed E-state index contributed by atoms with van der Waals surface area (Å²) in [6, 6.07) is 8.32. The lowest BCUT2D eigenvalue weighted by Crippen LogP contribution is -2.43. The van der Waals surface area contributed by atoms with Crippen LogP contribution in [0.1, 0.15) is 16.6 Å². The molecule has 0 saturated carbocycles. The van der Waals surface area contributed by atoms with Gasteiger partial charge in [0.2, 0.25) is 0 Å². The van der Waals surface area contributed by atoms with Crippen molar-refractivity contribution >= 4 is 29.2 Å². The molecule has 1 aromatic carbocycles. The van der Waals surface area contributed by atoms with Gasteiger partial charge in [0.15, 0.2) is 17.6 Å². The highest BCUT2D eigenvalue weighted by molar-refractivity contribution is 7.17. The Hall–Kier alpha value is -3.07. The Morgan fingerprint density at radius 1 is 1.11 bits per heavy atom. The maximum atomic E-state index is 12.3. The summed E-state index contributed by atoms with van der Waals surface area (Å²) >= 11 is 1.23. The minimum absolute atomic E-state index is 0.347. The SMILES string of the molecule is CNC(=O)NC(=O)C(C)OC(=O)c1ccc(-c2ccc3c(c2)OCCO3)s1. The Bertz CT molecular complexity index is 878. The van der Waals surface area contributed by atoms with Gasteiger partial charge >= 0.3 is 12.0 Å². The second-order valence-electron chi connectivity index (χ2n) is 5.64. The summed E-state index contributed by atoms with van der Waals surface area (Å²) in [5.74, 6) is 0.0163. The summed E-state index contributed by atoms with van der Waals surface area (Å²) in [5, 5.41) is 4.31. The third kappa shape index (κ3) is 4.37. The van der Waals surface area contributed by atoms with E-state index in [-0.39, 0.29) is 0 Å². The van der Waals surface area contributed by atoms with E-state index in [9.17, 15) is 14.4 Å². The lowest BCUT2D eigenvalue weighted by molar-refractivity contribution is -0.127. The van der Waals surface area contributed by atoms with E-state index < -0.39 is 24.0 Å². The number of rotatable bonds is 4. The zero-order valence-electron chi connectivity index (χ0n) is 14.7. The molecule has 1 unspecified atom stereocenters. The smallest absolute Gasteiger partial charge is 0.349 e. The Kier molecular flexibility index (Phi) is 5.60. The molecule has 3 rings (SSSR count). The third-order valence-electron chi connectivity index (χ3n) is 3.75. The largest absolute Gasteiger partial charge is 0.486 e. The molecule has 0 aliphatic carbocycles. The number of fused-ring (bicyclic) bond motifs is 1. The number of esters is 1. The molecule has 142 valence electrons. The van der Waals surface area contributed by atoms with Crippen LogP contribution in [0.15, 0.2) is 30.3 Å². The normalized spacial score (nSPS) is 13.4. The number of carbonyl (C=O) groups is 3. The van der Waals surface area contributed by atoms with Gasteiger partial charge in [-0.1, -0.05) is 0 Å². The summed E-state index contributed by atoms with van der Waals surface area (Å²) in [5.41, 5.74) is 0.883. The standard InChI is InChI=1S/C18H18N2O6S/c1-10(16(21)20-18(23)19-2)26-17(22)15-6-5-14(27-15)11-3-4-12-13(9-11)25-8-7-24-12/h3-6,9-10H,7-8H2,1-2H3,(H2,19,20,21,23). The number of nitrogens with one attached hydrogen (secondary N) is 2. The summed E-state index contributed by atoms with van der Waals surface area (Å²) in [6.07, 6.45) is -1.10. The van der Waals surface area contributed by atoms with Gasteiger partial charge in [0.1, 0.15) is 18.1 Å². The Morgan fingerprint density at radius 2 is 1.85 bits per heavy atom. The van der Waals surface area contributed by atoms with Crippen LogP contribution in [-0.4, -0.2) is 44.3 Å². The molecule has 0 saturated heterocycles. The van der Waals surface area contributed by atoms with Crippen LogP contribution in [0.2, 0.25) is 0 Å². The van der Waals surface area contributed by atoms with E-state index in [0.717, 1.165) is 10.4 Å². The van der Waals surface area contributed by atoms with Gasteiger partial charge in [-0.25, -0.2) is 9.59 Å². The van der Waals surface area contributed by atoms with Crippen molar-refractivity contribution in [2.75, 3.05) is 20.3 Å². The number of carbonyl (C=O) groups excluding carboxylic acids is 3. The lowest BCUT2D eigenvalue weighted by Gasteiger charge is -2.18.